The normalized spacial score (nSPS) is 12.0. The van der Waals surface area contributed by atoms with Crippen LogP contribution in [-0.2, 0) is 4.79 Å². The first-order valence-corrected chi connectivity index (χ1v) is 7.10. The third-order valence-electron chi connectivity index (χ3n) is 2.99. The Bertz CT molecular complexity index is 668. The second-order valence-corrected chi connectivity index (χ2v) is 5.11. The lowest BCUT2D eigenvalue weighted by Crippen LogP contribution is -2.15. The molecule has 0 aromatic heterocycles. The molecule has 0 saturated carbocycles. The van der Waals surface area contributed by atoms with E-state index in [-0.39, 0.29) is 17.2 Å². The van der Waals surface area contributed by atoms with Gasteiger partial charge in [-0.3, -0.25) is 4.79 Å². The molecule has 0 spiro atoms. The van der Waals surface area contributed by atoms with Crippen molar-refractivity contribution in [2.75, 3.05) is 5.32 Å². The topological polar surface area (TPSA) is 58.6 Å². The quantitative estimate of drug-likeness (QED) is 0.834. The van der Waals surface area contributed by atoms with Gasteiger partial charge in [-0.25, -0.2) is 0 Å². The smallest absolute Gasteiger partial charge is 0.387 e. The first-order valence-electron chi connectivity index (χ1n) is 6.73. The van der Waals surface area contributed by atoms with Gasteiger partial charge in [0.1, 0.15) is 5.75 Å². The zero-order chi connectivity index (χ0) is 16.8. The van der Waals surface area contributed by atoms with Crippen molar-refractivity contribution >= 4 is 23.2 Å². The highest BCUT2D eigenvalue weighted by Gasteiger charge is 2.14. The van der Waals surface area contributed by atoms with Gasteiger partial charge in [-0.15, -0.1) is 0 Å². The number of carbonyl (C=O) groups excluding carboxylic acids is 1. The van der Waals surface area contributed by atoms with E-state index in [0.717, 1.165) is 0 Å². The van der Waals surface area contributed by atoms with E-state index in [0.29, 0.717) is 11.3 Å². The second-order valence-electron chi connectivity index (χ2n) is 4.70. The van der Waals surface area contributed by atoms with Gasteiger partial charge in [-0.2, -0.15) is 8.78 Å². The molecule has 2 N–H and O–H groups in total. The summed E-state index contributed by atoms with van der Waals surface area (Å²) < 4.78 is 28.5. The van der Waals surface area contributed by atoms with E-state index in [1.165, 1.54) is 18.2 Å². The maximum atomic E-state index is 12.1. The lowest BCUT2D eigenvalue weighted by Gasteiger charge is -2.12. The van der Waals surface area contributed by atoms with Gasteiger partial charge in [0, 0.05) is 5.69 Å². The largest absolute Gasteiger partial charge is 0.433 e. The molecule has 1 atom stereocenters. The number of hydrogen-bond donors (Lipinski definition) is 2. The molecule has 2 aromatic carbocycles. The molecule has 0 radical (unpaired) electrons. The van der Waals surface area contributed by atoms with Gasteiger partial charge in [-0.05, 0) is 23.8 Å². The van der Waals surface area contributed by atoms with Crippen molar-refractivity contribution in [1.82, 2.24) is 0 Å². The van der Waals surface area contributed by atoms with E-state index in [4.69, 9.17) is 11.6 Å². The number of nitrogens with one attached hydrogen (secondary N) is 1. The van der Waals surface area contributed by atoms with Crippen LogP contribution in [0.3, 0.4) is 0 Å². The highest BCUT2D eigenvalue weighted by molar-refractivity contribution is 6.32. The predicted molar refractivity (Wildman–Crippen MR) is 82.7 cm³/mol. The second kappa shape index (κ2) is 7.89. The Hall–Kier alpha value is -2.18. The van der Waals surface area contributed by atoms with Crippen LogP contribution in [0.25, 0.3) is 0 Å². The molecule has 4 nitrogen and oxygen atoms in total. The minimum atomic E-state index is -2.98. The summed E-state index contributed by atoms with van der Waals surface area (Å²) in [5, 5.41) is 12.5. The van der Waals surface area contributed by atoms with Gasteiger partial charge in [0.05, 0.1) is 17.5 Å². The lowest BCUT2D eigenvalue weighted by molar-refractivity contribution is -0.118. The molecule has 2 rings (SSSR count). The van der Waals surface area contributed by atoms with Gasteiger partial charge < -0.3 is 15.2 Å². The van der Waals surface area contributed by atoms with E-state index in [9.17, 15) is 18.7 Å². The molecule has 1 unspecified atom stereocenters. The zero-order valence-corrected chi connectivity index (χ0v) is 12.6. The number of amides is 1. The van der Waals surface area contributed by atoms with Gasteiger partial charge >= 0.3 is 6.61 Å². The minimum absolute atomic E-state index is 0.0493. The average Bonchev–Trinajstić information content (AvgIpc) is 2.50. The molecule has 0 bridgehead atoms. The number of aliphatic hydroxyl groups is 1. The Labute approximate surface area is 136 Å². The molecule has 23 heavy (non-hydrogen) atoms. The first-order chi connectivity index (χ1) is 11.0. The average molecular weight is 342 g/mol. The number of alkyl halides is 2. The van der Waals surface area contributed by atoms with E-state index in [1.807, 2.05) is 0 Å². The van der Waals surface area contributed by atoms with Gasteiger partial charge in [-0.1, -0.05) is 41.9 Å². The standard InChI is InChI=1S/C16H14ClF2NO3/c17-12-8-11(6-7-14(12)23-16(18)19)20-15(22)9-13(21)10-4-2-1-3-5-10/h1-8,13,16,21H,9H2,(H,20,22). The van der Waals surface area contributed by atoms with Crippen molar-refractivity contribution in [3.05, 3.63) is 59.1 Å². The Balaban J connectivity index is 1.96. The molecule has 0 saturated heterocycles. The Morgan fingerprint density at radius 2 is 1.91 bits per heavy atom. The number of benzene rings is 2. The van der Waals surface area contributed by atoms with Crippen LogP contribution in [0.15, 0.2) is 48.5 Å². The molecule has 2 aromatic rings. The number of ether oxygens (including phenoxy) is 1. The predicted octanol–water partition coefficient (Wildman–Crippen LogP) is 4.00. The van der Waals surface area contributed by atoms with E-state index >= 15 is 0 Å². The van der Waals surface area contributed by atoms with Gasteiger partial charge in [0.15, 0.2) is 0 Å². The molecule has 0 aliphatic heterocycles. The molecule has 0 fully saturated rings. The van der Waals surface area contributed by atoms with Gasteiger partial charge in [0.2, 0.25) is 5.91 Å². The fraction of sp³-hybridized carbons (Fsp3) is 0.188. The van der Waals surface area contributed by atoms with Crippen LogP contribution in [0.1, 0.15) is 18.1 Å². The Morgan fingerprint density at radius 3 is 2.52 bits per heavy atom. The van der Waals surface area contributed by atoms with E-state index in [2.05, 4.69) is 10.1 Å². The highest BCUT2D eigenvalue weighted by atomic mass is 35.5. The minimum Gasteiger partial charge on any atom is -0.433 e. The fourth-order valence-electron chi connectivity index (χ4n) is 1.95. The number of carbonyl (C=O) groups is 1. The summed E-state index contributed by atoms with van der Waals surface area (Å²) in [6.07, 6.45) is -1.08. The lowest BCUT2D eigenvalue weighted by atomic mass is 10.1. The number of rotatable bonds is 6. The van der Waals surface area contributed by atoms with Crippen LogP contribution >= 0.6 is 11.6 Å². The summed E-state index contributed by atoms with van der Waals surface area (Å²) >= 11 is 5.80. The maximum Gasteiger partial charge on any atom is 0.387 e. The highest BCUT2D eigenvalue weighted by Crippen LogP contribution is 2.29. The SMILES string of the molecule is O=C(CC(O)c1ccccc1)Nc1ccc(OC(F)F)c(Cl)c1. The third-order valence-corrected chi connectivity index (χ3v) is 3.29. The monoisotopic (exact) mass is 341 g/mol. The molecular weight excluding hydrogens is 328 g/mol. The van der Waals surface area contributed by atoms with Crippen molar-refractivity contribution in [1.29, 1.82) is 0 Å². The van der Waals surface area contributed by atoms with E-state index in [1.54, 1.807) is 30.3 Å². The van der Waals surface area contributed by atoms with Crippen molar-refractivity contribution in [2.45, 2.75) is 19.1 Å². The maximum absolute atomic E-state index is 12.1. The number of hydrogen-bond acceptors (Lipinski definition) is 3. The van der Waals surface area contributed by atoms with E-state index < -0.39 is 18.6 Å². The molecule has 7 heteroatoms. The van der Waals surface area contributed by atoms with Crippen molar-refractivity contribution in [3.63, 3.8) is 0 Å². The molecule has 0 heterocycles. The summed E-state index contributed by atoms with van der Waals surface area (Å²) in [6.45, 7) is -2.98. The summed E-state index contributed by atoms with van der Waals surface area (Å²) in [7, 11) is 0. The number of aliphatic hydroxyl groups excluding tert-OH is 1. The van der Waals surface area contributed by atoms with Crippen LogP contribution in [0.5, 0.6) is 5.75 Å². The summed E-state index contributed by atoms with van der Waals surface area (Å²) in [5.74, 6) is -0.607. The van der Waals surface area contributed by atoms with Crippen LogP contribution < -0.4 is 10.1 Å². The third kappa shape index (κ3) is 5.19. The zero-order valence-electron chi connectivity index (χ0n) is 11.9. The summed E-state index contributed by atoms with van der Waals surface area (Å²) in [4.78, 5) is 11.9. The molecular formula is C16H14ClF2NO3. The number of halogens is 3. The van der Waals surface area contributed by atoms with Crippen LogP contribution in [0.4, 0.5) is 14.5 Å². The molecule has 0 aliphatic carbocycles. The molecule has 1 amide bonds. The van der Waals surface area contributed by atoms with Crippen LogP contribution in [0.2, 0.25) is 5.02 Å². The van der Waals surface area contributed by atoms with Crippen molar-refractivity contribution in [2.24, 2.45) is 0 Å². The van der Waals surface area contributed by atoms with Crippen molar-refractivity contribution < 1.29 is 23.4 Å². The Kier molecular flexibility index (Phi) is 5.90. The molecule has 122 valence electrons. The van der Waals surface area contributed by atoms with Gasteiger partial charge in [0.25, 0.3) is 0 Å². The number of anilines is 1. The fourth-order valence-corrected chi connectivity index (χ4v) is 2.18. The van der Waals surface area contributed by atoms with Crippen LogP contribution in [-0.4, -0.2) is 17.6 Å². The first kappa shape index (κ1) is 17.2. The Morgan fingerprint density at radius 1 is 1.22 bits per heavy atom. The van der Waals surface area contributed by atoms with Crippen molar-refractivity contribution in [3.8, 4) is 5.75 Å². The summed E-state index contributed by atoms with van der Waals surface area (Å²) in [6, 6.07) is 12.7. The summed E-state index contributed by atoms with van der Waals surface area (Å²) in [5.41, 5.74) is 0.947. The van der Waals surface area contributed by atoms with Crippen LogP contribution in [0, 0.1) is 0 Å². The molecule has 0 aliphatic rings.